The average molecular weight is 222 g/mol. The second kappa shape index (κ2) is 5.61. The molecule has 1 rings (SSSR count). The third-order valence-electron chi connectivity index (χ3n) is 2.69. The molecule has 0 fully saturated rings. The summed E-state index contributed by atoms with van der Waals surface area (Å²) in [6, 6.07) is 3.95. The Morgan fingerprint density at radius 3 is 2.69 bits per heavy atom. The van der Waals surface area contributed by atoms with E-state index in [0.29, 0.717) is 6.42 Å². The van der Waals surface area contributed by atoms with E-state index in [9.17, 15) is 4.79 Å². The van der Waals surface area contributed by atoms with Gasteiger partial charge in [-0.3, -0.25) is 9.78 Å². The molecule has 0 bridgehead atoms. The lowest BCUT2D eigenvalue weighted by atomic mass is 9.96. The number of nitrogens with zero attached hydrogens (tertiary/aromatic N) is 2. The van der Waals surface area contributed by atoms with Gasteiger partial charge in [0.15, 0.2) is 0 Å². The molecule has 0 amide bonds. The Kier molecular flexibility index (Phi) is 4.43. The van der Waals surface area contributed by atoms with E-state index in [0.717, 1.165) is 5.56 Å². The second-order valence-electron chi connectivity index (χ2n) is 4.24. The molecule has 0 saturated heterocycles. The first kappa shape index (κ1) is 12.6. The van der Waals surface area contributed by atoms with Gasteiger partial charge >= 0.3 is 5.97 Å². The van der Waals surface area contributed by atoms with Crippen molar-refractivity contribution in [3.05, 3.63) is 30.1 Å². The molecule has 2 unspecified atom stereocenters. The van der Waals surface area contributed by atoms with E-state index in [2.05, 4.69) is 4.98 Å². The molecule has 0 aliphatic rings. The molecule has 88 valence electrons. The lowest BCUT2D eigenvalue weighted by Crippen LogP contribution is -2.24. The zero-order chi connectivity index (χ0) is 12.1. The number of aliphatic carboxylic acids is 1. The fourth-order valence-corrected chi connectivity index (χ4v) is 1.65. The van der Waals surface area contributed by atoms with Gasteiger partial charge in [0.2, 0.25) is 0 Å². The van der Waals surface area contributed by atoms with E-state index >= 15 is 0 Å². The molecule has 4 nitrogen and oxygen atoms in total. The number of carboxylic acid groups (broad SMARTS) is 1. The third kappa shape index (κ3) is 3.31. The van der Waals surface area contributed by atoms with E-state index < -0.39 is 5.97 Å². The number of aromatic nitrogens is 1. The summed E-state index contributed by atoms with van der Waals surface area (Å²) in [5, 5.41) is 8.93. The first-order chi connectivity index (χ1) is 7.52. The SMILES string of the molecule is CC(CC(c1cccnc1)N(C)C)C(=O)O. The Labute approximate surface area is 95.9 Å². The molecular weight excluding hydrogens is 204 g/mol. The Bertz CT molecular complexity index is 338. The van der Waals surface area contributed by atoms with Crippen molar-refractivity contribution in [2.24, 2.45) is 5.92 Å². The Hall–Kier alpha value is -1.42. The predicted octanol–water partition coefficient (Wildman–Crippen LogP) is 1.80. The first-order valence-electron chi connectivity index (χ1n) is 5.31. The number of hydrogen-bond acceptors (Lipinski definition) is 3. The summed E-state index contributed by atoms with van der Waals surface area (Å²) in [7, 11) is 3.90. The number of carbonyl (C=O) groups is 1. The largest absolute Gasteiger partial charge is 0.481 e. The van der Waals surface area contributed by atoms with Gasteiger partial charge in [-0.1, -0.05) is 13.0 Å². The van der Waals surface area contributed by atoms with Gasteiger partial charge in [0.1, 0.15) is 0 Å². The van der Waals surface area contributed by atoms with Crippen molar-refractivity contribution in [3.63, 3.8) is 0 Å². The van der Waals surface area contributed by atoms with Crippen molar-refractivity contribution in [2.75, 3.05) is 14.1 Å². The predicted molar refractivity (Wildman–Crippen MR) is 62.1 cm³/mol. The van der Waals surface area contributed by atoms with Crippen LogP contribution in [0.2, 0.25) is 0 Å². The molecule has 0 aromatic carbocycles. The molecule has 0 radical (unpaired) electrons. The Morgan fingerprint density at radius 2 is 2.25 bits per heavy atom. The van der Waals surface area contributed by atoms with Crippen LogP contribution in [0.4, 0.5) is 0 Å². The number of carboxylic acids is 1. The topological polar surface area (TPSA) is 53.4 Å². The fraction of sp³-hybridized carbons (Fsp3) is 0.500. The number of pyridine rings is 1. The minimum atomic E-state index is -0.754. The van der Waals surface area contributed by atoms with Gasteiger partial charge in [-0.05, 0) is 32.1 Å². The molecule has 2 atom stereocenters. The van der Waals surface area contributed by atoms with Crippen molar-refractivity contribution in [1.82, 2.24) is 9.88 Å². The monoisotopic (exact) mass is 222 g/mol. The maximum atomic E-state index is 10.9. The highest BCUT2D eigenvalue weighted by Gasteiger charge is 2.21. The molecule has 1 aromatic rings. The molecule has 1 N–H and O–H groups in total. The molecule has 0 saturated carbocycles. The summed E-state index contributed by atoms with van der Waals surface area (Å²) >= 11 is 0. The zero-order valence-electron chi connectivity index (χ0n) is 9.92. The highest BCUT2D eigenvalue weighted by molar-refractivity contribution is 5.69. The minimum Gasteiger partial charge on any atom is -0.481 e. The average Bonchev–Trinajstić information content (AvgIpc) is 2.26. The van der Waals surface area contributed by atoms with Crippen LogP contribution < -0.4 is 0 Å². The van der Waals surface area contributed by atoms with Gasteiger partial charge in [0.05, 0.1) is 5.92 Å². The maximum absolute atomic E-state index is 10.9. The summed E-state index contributed by atoms with van der Waals surface area (Å²) in [4.78, 5) is 16.9. The summed E-state index contributed by atoms with van der Waals surface area (Å²) in [5.41, 5.74) is 1.06. The van der Waals surface area contributed by atoms with Crippen molar-refractivity contribution in [1.29, 1.82) is 0 Å². The lowest BCUT2D eigenvalue weighted by Gasteiger charge is -2.25. The van der Waals surface area contributed by atoms with Crippen LogP contribution in [0.3, 0.4) is 0 Å². The highest BCUT2D eigenvalue weighted by Crippen LogP contribution is 2.25. The summed E-state index contributed by atoms with van der Waals surface area (Å²) in [6.07, 6.45) is 4.10. The molecule has 0 spiro atoms. The smallest absolute Gasteiger partial charge is 0.306 e. The molecule has 0 aliphatic heterocycles. The number of rotatable bonds is 5. The molecule has 0 aliphatic carbocycles. The standard InChI is InChI=1S/C12H18N2O2/c1-9(12(15)16)7-11(14(2)3)10-5-4-6-13-8-10/h4-6,8-9,11H,7H2,1-3H3,(H,15,16). The summed E-state index contributed by atoms with van der Waals surface area (Å²) in [6.45, 7) is 1.73. The van der Waals surface area contributed by atoms with Crippen LogP contribution in [0.25, 0.3) is 0 Å². The maximum Gasteiger partial charge on any atom is 0.306 e. The van der Waals surface area contributed by atoms with E-state index in [1.165, 1.54) is 0 Å². The van der Waals surface area contributed by atoms with Crippen molar-refractivity contribution < 1.29 is 9.90 Å². The van der Waals surface area contributed by atoms with Gasteiger partial charge < -0.3 is 10.0 Å². The van der Waals surface area contributed by atoms with Crippen LogP contribution in [0.1, 0.15) is 24.9 Å². The van der Waals surface area contributed by atoms with Crippen LogP contribution in [0.15, 0.2) is 24.5 Å². The summed E-state index contributed by atoms with van der Waals surface area (Å²) in [5.74, 6) is -1.11. The van der Waals surface area contributed by atoms with E-state index in [-0.39, 0.29) is 12.0 Å². The van der Waals surface area contributed by atoms with Crippen LogP contribution in [0, 0.1) is 5.92 Å². The van der Waals surface area contributed by atoms with E-state index in [1.54, 1.807) is 19.3 Å². The fourth-order valence-electron chi connectivity index (χ4n) is 1.65. The normalized spacial score (nSPS) is 14.8. The van der Waals surface area contributed by atoms with Gasteiger partial charge in [0, 0.05) is 18.4 Å². The van der Waals surface area contributed by atoms with Crippen LogP contribution in [-0.2, 0) is 4.79 Å². The van der Waals surface area contributed by atoms with Crippen LogP contribution >= 0.6 is 0 Å². The highest BCUT2D eigenvalue weighted by atomic mass is 16.4. The number of hydrogen-bond donors (Lipinski definition) is 1. The van der Waals surface area contributed by atoms with Gasteiger partial charge in [-0.25, -0.2) is 0 Å². The van der Waals surface area contributed by atoms with Crippen LogP contribution in [0.5, 0.6) is 0 Å². The van der Waals surface area contributed by atoms with Crippen LogP contribution in [-0.4, -0.2) is 35.1 Å². The minimum absolute atomic E-state index is 0.0970. The lowest BCUT2D eigenvalue weighted by molar-refractivity contribution is -0.141. The molecular formula is C12H18N2O2. The summed E-state index contributed by atoms with van der Waals surface area (Å²) < 4.78 is 0. The Morgan fingerprint density at radius 1 is 1.56 bits per heavy atom. The molecule has 1 aromatic heterocycles. The molecule has 1 heterocycles. The van der Waals surface area contributed by atoms with Crippen molar-refractivity contribution in [2.45, 2.75) is 19.4 Å². The van der Waals surface area contributed by atoms with Crippen molar-refractivity contribution >= 4 is 5.97 Å². The van der Waals surface area contributed by atoms with Gasteiger partial charge in [-0.15, -0.1) is 0 Å². The molecule has 16 heavy (non-hydrogen) atoms. The van der Waals surface area contributed by atoms with Crippen molar-refractivity contribution in [3.8, 4) is 0 Å². The quantitative estimate of drug-likeness (QED) is 0.825. The Balaban J connectivity index is 2.81. The van der Waals surface area contributed by atoms with Gasteiger partial charge in [0.25, 0.3) is 0 Å². The first-order valence-corrected chi connectivity index (χ1v) is 5.31. The second-order valence-corrected chi connectivity index (χ2v) is 4.24. The molecule has 4 heteroatoms. The van der Waals surface area contributed by atoms with E-state index in [4.69, 9.17) is 5.11 Å². The third-order valence-corrected chi connectivity index (χ3v) is 2.69. The van der Waals surface area contributed by atoms with E-state index in [1.807, 2.05) is 31.1 Å². The van der Waals surface area contributed by atoms with Gasteiger partial charge in [-0.2, -0.15) is 0 Å². The zero-order valence-corrected chi connectivity index (χ0v) is 9.92.